The highest BCUT2D eigenvalue weighted by Gasteiger charge is 2.14. The van der Waals surface area contributed by atoms with Crippen LogP contribution in [-0.2, 0) is 27.8 Å². The minimum Gasteiger partial charge on any atom is -0.480 e. The smallest absolute Gasteiger partial charge is 0.322 e. The van der Waals surface area contributed by atoms with E-state index < -0.39 is 16.0 Å². The Kier molecular flexibility index (Phi) is 9.05. The van der Waals surface area contributed by atoms with E-state index in [9.17, 15) is 13.2 Å². The summed E-state index contributed by atoms with van der Waals surface area (Å²) >= 11 is 12.6. The molecule has 11 heteroatoms. The number of hydrogen-bond donors (Lipinski definition) is 3. The zero-order chi connectivity index (χ0) is 30.6. The molecule has 220 valence electrons. The molecule has 3 N–H and O–H groups in total. The average Bonchev–Trinajstić information content (AvgIpc) is 3.33. The van der Waals surface area contributed by atoms with Crippen LogP contribution in [0.25, 0.3) is 22.4 Å². The molecule has 0 bridgehead atoms. The molecule has 5 rings (SSSR count). The molecule has 1 aromatic heterocycles. The van der Waals surface area contributed by atoms with Crippen molar-refractivity contribution in [1.82, 2.24) is 9.55 Å². The molecule has 0 aliphatic carbocycles. The summed E-state index contributed by atoms with van der Waals surface area (Å²) < 4.78 is 27.9. The second-order valence-electron chi connectivity index (χ2n) is 10.1. The second kappa shape index (κ2) is 12.9. The first-order valence-corrected chi connectivity index (χ1v) is 15.9. The number of rotatable bonds is 11. The minimum atomic E-state index is -3.37. The molecule has 4 aromatic carbocycles. The maximum Gasteiger partial charge on any atom is 0.322 e. The van der Waals surface area contributed by atoms with Crippen molar-refractivity contribution in [2.24, 2.45) is 0 Å². The number of aromatic nitrogens is 2. The number of halogens is 2. The number of aliphatic carboxylic acids is 1. The van der Waals surface area contributed by atoms with Gasteiger partial charge in [0.05, 0.1) is 17.0 Å². The number of carboxylic acid groups (broad SMARTS) is 1. The summed E-state index contributed by atoms with van der Waals surface area (Å²) in [6.07, 6.45) is 3.65. The van der Waals surface area contributed by atoms with E-state index in [4.69, 9.17) is 33.3 Å². The summed E-state index contributed by atoms with van der Waals surface area (Å²) in [5.41, 5.74) is 6.64. The first kappa shape index (κ1) is 30.2. The highest BCUT2D eigenvalue weighted by atomic mass is 35.5. The lowest BCUT2D eigenvalue weighted by molar-refractivity contribution is -0.134. The minimum absolute atomic E-state index is 0.155. The summed E-state index contributed by atoms with van der Waals surface area (Å²) in [6.45, 7) is 0.392. The molecule has 0 aliphatic rings. The van der Waals surface area contributed by atoms with Gasteiger partial charge >= 0.3 is 5.97 Å². The molecule has 0 saturated heterocycles. The van der Waals surface area contributed by atoms with Gasteiger partial charge in [-0.15, -0.1) is 0 Å². The van der Waals surface area contributed by atoms with Crippen LogP contribution in [0.4, 0.5) is 11.4 Å². The van der Waals surface area contributed by atoms with Gasteiger partial charge in [0.2, 0.25) is 10.0 Å². The zero-order valence-corrected chi connectivity index (χ0v) is 25.4. The van der Waals surface area contributed by atoms with E-state index in [1.807, 2.05) is 72.9 Å². The first-order chi connectivity index (χ1) is 20.5. The van der Waals surface area contributed by atoms with Gasteiger partial charge in [-0.05, 0) is 64.7 Å². The van der Waals surface area contributed by atoms with E-state index >= 15 is 0 Å². The SMILES string of the molecule is CS(=O)(=O)Nc1cccc(-c2ccc(Cc3nc(-c4ccc(Cl)cc4Cl)cn3Cc3ccc(NCC(=O)O)cc3)cc2)c1. The Morgan fingerprint density at radius 3 is 2.28 bits per heavy atom. The molecular formula is C32H28Cl2N4O4S. The summed E-state index contributed by atoms with van der Waals surface area (Å²) in [5, 5.41) is 12.8. The third-order valence-electron chi connectivity index (χ3n) is 6.63. The highest BCUT2D eigenvalue weighted by molar-refractivity contribution is 7.92. The van der Waals surface area contributed by atoms with E-state index in [0.717, 1.165) is 51.3 Å². The number of nitrogens with zero attached hydrogens (tertiary/aromatic N) is 2. The fraction of sp³-hybridized carbons (Fsp3) is 0.125. The van der Waals surface area contributed by atoms with Crippen molar-refractivity contribution in [3.8, 4) is 22.4 Å². The highest BCUT2D eigenvalue weighted by Crippen LogP contribution is 2.31. The van der Waals surface area contributed by atoms with Crippen LogP contribution in [0.15, 0.2) is 97.2 Å². The van der Waals surface area contributed by atoms with Gasteiger partial charge in [-0.1, -0.05) is 71.7 Å². The van der Waals surface area contributed by atoms with Gasteiger partial charge < -0.3 is 15.0 Å². The summed E-state index contributed by atoms with van der Waals surface area (Å²) in [7, 11) is -3.37. The van der Waals surface area contributed by atoms with Crippen LogP contribution in [0.2, 0.25) is 10.0 Å². The zero-order valence-electron chi connectivity index (χ0n) is 23.1. The van der Waals surface area contributed by atoms with Crippen molar-refractivity contribution >= 4 is 50.6 Å². The molecule has 0 saturated carbocycles. The van der Waals surface area contributed by atoms with Gasteiger partial charge in [-0.2, -0.15) is 0 Å². The molecule has 0 atom stereocenters. The van der Waals surface area contributed by atoms with Crippen molar-refractivity contribution < 1.29 is 18.3 Å². The number of nitrogens with one attached hydrogen (secondary N) is 2. The molecule has 8 nitrogen and oxygen atoms in total. The third kappa shape index (κ3) is 8.16. The van der Waals surface area contributed by atoms with E-state index in [-0.39, 0.29) is 6.54 Å². The molecular weight excluding hydrogens is 607 g/mol. The van der Waals surface area contributed by atoms with Crippen LogP contribution in [0.5, 0.6) is 0 Å². The molecule has 43 heavy (non-hydrogen) atoms. The Labute approximate surface area is 260 Å². The van der Waals surface area contributed by atoms with Gasteiger partial charge in [-0.3, -0.25) is 9.52 Å². The number of benzene rings is 4. The maximum absolute atomic E-state index is 11.6. The van der Waals surface area contributed by atoms with Crippen LogP contribution in [-0.4, -0.2) is 41.8 Å². The van der Waals surface area contributed by atoms with Crippen molar-refractivity contribution in [3.63, 3.8) is 0 Å². The lowest BCUT2D eigenvalue weighted by Gasteiger charge is -2.10. The van der Waals surface area contributed by atoms with E-state index in [2.05, 4.69) is 14.6 Å². The van der Waals surface area contributed by atoms with Crippen molar-refractivity contribution in [2.75, 3.05) is 22.8 Å². The van der Waals surface area contributed by atoms with Gasteiger partial charge in [-0.25, -0.2) is 13.4 Å². The number of anilines is 2. The summed E-state index contributed by atoms with van der Waals surface area (Å²) in [5.74, 6) is -0.0905. The normalized spacial score (nSPS) is 11.3. The number of hydrogen-bond acceptors (Lipinski definition) is 5. The quantitative estimate of drug-likeness (QED) is 0.144. The molecule has 0 amide bonds. The van der Waals surface area contributed by atoms with Crippen LogP contribution >= 0.6 is 23.2 Å². The Hall–Kier alpha value is -4.31. The molecule has 0 fully saturated rings. The molecule has 0 unspecified atom stereocenters. The number of carboxylic acids is 1. The van der Waals surface area contributed by atoms with Gasteiger partial charge in [0.1, 0.15) is 12.4 Å². The van der Waals surface area contributed by atoms with Crippen molar-refractivity contribution in [2.45, 2.75) is 13.0 Å². The number of carbonyl (C=O) groups is 1. The Morgan fingerprint density at radius 1 is 0.884 bits per heavy atom. The van der Waals surface area contributed by atoms with Crippen LogP contribution in [0.1, 0.15) is 17.0 Å². The Balaban J connectivity index is 1.41. The number of sulfonamides is 1. The molecule has 0 radical (unpaired) electrons. The molecule has 5 aromatic rings. The van der Waals surface area contributed by atoms with Crippen molar-refractivity contribution in [3.05, 3.63) is 124 Å². The number of imidazole rings is 1. The topological polar surface area (TPSA) is 113 Å². The van der Waals surface area contributed by atoms with Crippen LogP contribution in [0, 0.1) is 0 Å². The van der Waals surface area contributed by atoms with Crippen LogP contribution < -0.4 is 10.0 Å². The van der Waals surface area contributed by atoms with E-state index in [0.29, 0.717) is 28.7 Å². The molecule has 0 aliphatic heterocycles. The van der Waals surface area contributed by atoms with Gasteiger partial charge in [0, 0.05) is 41.1 Å². The largest absolute Gasteiger partial charge is 0.480 e. The fourth-order valence-corrected chi connectivity index (χ4v) is 5.70. The standard InChI is InChI=1S/C32H28Cl2N4O4S/c1-43(41,42)37-27-4-2-3-24(16-27)23-9-5-21(6-10-23)15-31-36-30(28-14-11-25(33)17-29(28)34)20-38(31)19-22-7-12-26(13-8-22)35-18-32(39)40/h2-14,16-17,20,35,37H,15,18-19H2,1H3,(H,39,40). The Morgan fingerprint density at radius 2 is 1.60 bits per heavy atom. The summed E-state index contributed by atoms with van der Waals surface area (Å²) in [6, 6.07) is 28.2. The Bertz CT molecular complexity index is 1870. The fourth-order valence-electron chi connectivity index (χ4n) is 4.64. The molecule has 0 spiro atoms. The molecule has 1 heterocycles. The lowest BCUT2D eigenvalue weighted by Crippen LogP contribution is -2.12. The lowest BCUT2D eigenvalue weighted by atomic mass is 10.0. The predicted molar refractivity (Wildman–Crippen MR) is 173 cm³/mol. The van der Waals surface area contributed by atoms with Crippen LogP contribution in [0.3, 0.4) is 0 Å². The van der Waals surface area contributed by atoms with Gasteiger partial charge in [0.15, 0.2) is 0 Å². The van der Waals surface area contributed by atoms with Gasteiger partial charge in [0.25, 0.3) is 0 Å². The maximum atomic E-state index is 11.6. The summed E-state index contributed by atoms with van der Waals surface area (Å²) in [4.78, 5) is 15.8. The third-order valence-corrected chi connectivity index (χ3v) is 7.79. The van der Waals surface area contributed by atoms with Crippen molar-refractivity contribution in [1.29, 1.82) is 0 Å². The van der Waals surface area contributed by atoms with E-state index in [1.165, 1.54) is 0 Å². The predicted octanol–water partition coefficient (Wildman–Crippen LogP) is 7.03. The van der Waals surface area contributed by atoms with E-state index in [1.54, 1.807) is 24.3 Å². The second-order valence-corrected chi connectivity index (χ2v) is 12.7. The monoisotopic (exact) mass is 634 g/mol. The first-order valence-electron chi connectivity index (χ1n) is 13.3. The average molecular weight is 636 g/mol.